The van der Waals surface area contributed by atoms with Crippen LogP contribution in [0.2, 0.25) is 0 Å². The molecule has 4 heteroatoms. The molecule has 1 N–H and O–H groups in total. The van der Waals surface area contributed by atoms with Gasteiger partial charge >= 0.3 is 0 Å². The lowest BCUT2D eigenvalue weighted by atomic mass is 9.88. The van der Waals surface area contributed by atoms with Gasteiger partial charge in [-0.25, -0.2) is 4.39 Å². The highest BCUT2D eigenvalue weighted by molar-refractivity contribution is 6.13. The molecule has 1 heterocycles. The van der Waals surface area contributed by atoms with Crippen LogP contribution in [0, 0.1) is 11.7 Å². The molecule has 0 bridgehead atoms. The Morgan fingerprint density at radius 1 is 1.35 bits per heavy atom. The molecule has 2 rings (SSSR count). The van der Waals surface area contributed by atoms with Gasteiger partial charge in [-0.3, -0.25) is 4.79 Å². The van der Waals surface area contributed by atoms with Crippen LogP contribution < -0.4 is 5.32 Å². The van der Waals surface area contributed by atoms with Crippen molar-refractivity contribution in [2.24, 2.45) is 10.9 Å². The van der Waals surface area contributed by atoms with E-state index in [-0.39, 0.29) is 17.6 Å². The molecule has 1 amide bonds. The Kier molecular flexibility index (Phi) is 2.73. The summed E-state index contributed by atoms with van der Waals surface area (Å²) in [6, 6.07) is 6.30. The van der Waals surface area contributed by atoms with Crippen LogP contribution in [0.5, 0.6) is 0 Å². The first-order valence-corrected chi connectivity index (χ1v) is 5.61. The highest BCUT2D eigenvalue weighted by Gasteiger charge is 2.42. The molecule has 0 radical (unpaired) electrons. The highest BCUT2D eigenvalue weighted by Crippen LogP contribution is 2.24. The third-order valence-electron chi connectivity index (χ3n) is 3.32. The Morgan fingerprint density at radius 3 is 2.53 bits per heavy atom. The molecule has 1 atom stereocenters. The zero-order chi connectivity index (χ0) is 12.6. The van der Waals surface area contributed by atoms with Crippen LogP contribution in [0.4, 0.5) is 4.39 Å². The molecular weight excluding hydrogens is 219 g/mol. The number of benzene rings is 1. The summed E-state index contributed by atoms with van der Waals surface area (Å²) in [5.41, 5.74) is -0.400. The van der Waals surface area contributed by atoms with Crippen LogP contribution in [0.1, 0.15) is 26.3 Å². The van der Waals surface area contributed by atoms with Crippen molar-refractivity contribution < 1.29 is 9.18 Å². The van der Waals surface area contributed by atoms with Gasteiger partial charge in [0.2, 0.25) is 0 Å². The molecule has 90 valence electrons. The normalized spacial score (nSPS) is 23.8. The first-order valence-electron chi connectivity index (χ1n) is 5.61. The number of hydrogen-bond acceptors (Lipinski definition) is 2. The number of aliphatic imine (C=N–C) groups is 1. The summed E-state index contributed by atoms with van der Waals surface area (Å²) in [6.45, 7) is 5.66. The Labute approximate surface area is 99.8 Å². The van der Waals surface area contributed by atoms with Gasteiger partial charge in [0.15, 0.2) is 0 Å². The van der Waals surface area contributed by atoms with Gasteiger partial charge in [-0.2, -0.15) is 4.99 Å². The van der Waals surface area contributed by atoms with Crippen molar-refractivity contribution in [3.63, 3.8) is 0 Å². The Bertz CT molecular complexity index is 496. The highest BCUT2D eigenvalue weighted by atomic mass is 19.1. The summed E-state index contributed by atoms with van der Waals surface area (Å²) in [5.74, 6) is -0.211. The Hall–Kier alpha value is -1.71. The van der Waals surface area contributed by atoms with Gasteiger partial charge < -0.3 is 5.32 Å². The fourth-order valence-corrected chi connectivity index (χ4v) is 1.72. The SMILES string of the molecule is CC(C)C1(C)NC(c2ccccc2F)=NC1=O. The number of halogens is 1. The van der Waals surface area contributed by atoms with Gasteiger partial charge in [-0.05, 0) is 25.0 Å². The third-order valence-corrected chi connectivity index (χ3v) is 3.32. The van der Waals surface area contributed by atoms with Gasteiger partial charge in [0.1, 0.15) is 17.2 Å². The van der Waals surface area contributed by atoms with Crippen LogP contribution in [0.3, 0.4) is 0 Å². The Morgan fingerprint density at radius 2 is 2.00 bits per heavy atom. The lowest BCUT2D eigenvalue weighted by molar-refractivity contribution is -0.123. The van der Waals surface area contributed by atoms with Gasteiger partial charge in [0.05, 0.1) is 5.56 Å². The minimum Gasteiger partial charge on any atom is -0.355 e. The second-order valence-electron chi connectivity index (χ2n) is 4.73. The first kappa shape index (κ1) is 11.8. The van der Waals surface area contributed by atoms with Crippen LogP contribution in [0.25, 0.3) is 0 Å². The quantitative estimate of drug-likeness (QED) is 0.851. The maximum absolute atomic E-state index is 13.6. The molecular formula is C13H15FN2O. The number of amides is 1. The number of nitrogens with zero attached hydrogens (tertiary/aromatic N) is 1. The lowest BCUT2D eigenvalue weighted by Gasteiger charge is -2.27. The molecule has 0 fully saturated rings. The van der Waals surface area contributed by atoms with E-state index in [4.69, 9.17) is 0 Å². The molecule has 0 aromatic heterocycles. The average Bonchev–Trinajstić information content (AvgIpc) is 2.57. The van der Waals surface area contributed by atoms with E-state index >= 15 is 0 Å². The molecule has 1 unspecified atom stereocenters. The molecule has 1 aliphatic heterocycles. The van der Waals surface area contributed by atoms with Crippen molar-refractivity contribution in [3.05, 3.63) is 35.6 Å². The number of nitrogens with one attached hydrogen (secondary N) is 1. The number of amidine groups is 1. The summed E-state index contributed by atoms with van der Waals surface area (Å²) in [5, 5.41) is 3.03. The van der Waals surface area contributed by atoms with Crippen LogP contribution in [-0.2, 0) is 4.79 Å². The standard InChI is InChI=1S/C13H15FN2O/c1-8(2)13(3)12(17)15-11(16-13)9-6-4-5-7-10(9)14/h4-8H,1-3H3,(H,15,16,17). The van der Waals surface area contributed by atoms with E-state index in [1.807, 2.05) is 13.8 Å². The van der Waals surface area contributed by atoms with E-state index < -0.39 is 5.54 Å². The largest absolute Gasteiger partial charge is 0.355 e. The first-order chi connectivity index (χ1) is 7.95. The second kappa shape index (κ2) is 3.95. The van der Waals surface area contributed by atoms with Crippen LogP contribution in [0.15, 0.2) is 29.3 Å². The summed E-state index contributed by atoms with van der Waals surface area (Å²) in [6.07, 6.45) is 0. The summed E-state index contributed by atoms with van der Waals surface area (Å²) >= 11 is 0. The molecule has 1 aliphatic rings. The van der Waals surface area contributed by atoms with Gasteiger partial charge in [0.25, 0.3) is 5.91 Å². The van der Waals surface area contributed by atoms with Crippen molar-refractivity contribution in [2.75, 3.05) is 0 Å². The van der Waals surface area contributed by atoms with Crippen molar-refractivity contribution in [3.8, 4) is 0 Å². The Balaban J connectivity index is 2.37. The van der Waals surface area contributed by atoms with E-state index in [2.05, 4.69) is 10.3 Å². The number of carbonyl (C=O) groups is 1. The van der Waals surface area contributed by atoms with Gasteiger partial charge in [-0.1, -0.05) is 26.0 Å². The predicted octanol–water partition coefficient (Wildman–Crippen LogP) is 2.12. The molecule has 0 aliphatic carbocycles. The topological polar surface area (TPSA) is 41.5 Å². The minimum absolute atomic E-state index is 0.0861. The summed E-state index contributed by atoms with van der Waals surface area (Å²) in [4.78, 5) is 15.8. The number of carbonyl (C=O) groups excluding carboxylic acids is 1. The molecule has 0 saturated heterocycles. The van der Waals surface area contributed by atoms with E-state index in [0.29, 0.717) is 11.4 Å². The number of hydrogen-bond donors (Lipinski definition) is 1. The summed E-state index contributed by atoms with van der Waals surface area (Å²) < 4.78 is 13.6. The van der Waals surface area contributed by atoms with Crippen molar-refractivity contribution in [1.29, 1.82) is 0 Å². The maximum atomic E-state index is 13.6. The maximum Gasteiger partial charge on any atom is 0.273 e. The van der Waals surface area contributed by atoms with Crippen molar-refractivity contribution in [2.45, 2.75) is 26.3 Å². The molecule has 0 spiro atoms. The van der Waals surface area contributed by atoms with E-state index in [1.54, 1.807) is 25.1 Å². The number of rotatable bonds is 2. The molecule has 1 aromatic carbocycles. The van der Waals surface area contributed by atoms with E-state index in [1.165, 1.54) is 6.07 Å². The van der Waals surface area contributed by atoms with E-state index in [9.17, 15) is 9.18 Å². The third kappa shape index (κ3) is 1.84. The predicted molar refractivity (Wildman–Crippen MR) is 64.3 cm³/mol. The molecule has 17 heavy (non-hydrogen) atoms. The van der Waals surface area contributed by atoms with E-state index in [0.717, 1.165) is 0 Å². The smallest absolute Gasteiger partial charge is 0.273 e. The molecule has 0 saturated carbocycles. The van der Waals surface area contributed by atoms with Crippen LogP contribution in [-0.4, -0.2) is 17.3 Å². The van der Waals surface area contributed by atoms with Crippen LogP contribution >= 0.6 is 0 Å². The lowest BCUT2D eigenvalue weighted by Crippen LogP contribution is -2.50. The summed E-state index contributed by atoms with van der Waals surface area (Å²) in [7, 11) is 0. The monoisotopic (exact) mass is 234 g/mol. The zero-order valence-corrected chi connectivity index (χ0v) is 10.1. The van der Waals surface area contributed by atoms with Crippen molar-refractivity contribution in [1.82, 2.24) is 5.32 Å². The second-order valence-corrected chi connectivity index (χ2v) is 4.73. The zero-order valence-electron chi connectivity index (χ0n) is 10.1. The average molecular weight is 234 g/mol. The molecule has 1 aromatic rings. The minimum atomic E-state index is -0.738. The fraction of sp³-hybridized carbons (Fsp3) is 0.385. The van der Waals surface area contributed by atoms with Gasteiger partial charge in [-0.15, -0.1) is 0 Å². The van der Waals surface area contributed by atoms with Crippen molar-refractivity contribution >= 4 is 11.7 Å². The fourth-order valence-electron chi connectivity index (χ4n) is 1.72. The van der Waals surface area contributed by atoms with Gasteiger partial charge in [0, 0.05) is 0 Å². The molecule has 3 nitrogen and oxygen atoms in total.